The molecule has 30 heavy (non-hydrogen) atoms. The first-order chi connectivity index (χ1) is 14.3. The zero-order valence-corrected chi connectivity index (χ0v) is 16.5. The van der Waals surface area contributed by atoms with Crippen molar-refractivity contribution in [1.29, 1.82) is 0 Å². The van der Waals surface area contributed by atoms with E-state index in [9.17, 15) is 18.0 Å². The third-order valence-corrected chi connectivity index (χ3v) is 5.00. The number of alkyl halides is 3. The fourth-order valence-corrected chi connectivity index (χ4v) is 3.26. The van der Waals surface area contributed by atoms with Gasteiger partial charge in [-0.3, -0.25) is 4.98 Å². The topological polar surface area (TPSA) is 90.4 Å². The molecule has 3 rings (SSSR count). The number of nitrogens with one attached hydrogen (secondary N) is 2. The van der Waals surface area contributed by atoms with Crippen LogP contribution in [-0.4, -0.2) is 34.2 Å². The van der Waals surface area contributed by atoms with Gasteiger partial charge in [0.05, 0.1) is 18.5 Å². The van der Waals surface area contributed by atoms with E-state index in [2.05, 4.69) is 27.5 Å². The van der Waals surface area contributed by atoms with Crippen molar-refractivity contribution in [3.63, 3.8) is 0 Å². The van der Waals surface area contributed by atoms with E-state index in [1.807, 2.05) is 4.90 Å². The minimum Gasteiger partial charge on any atom is -0.392 e. The summed E-state index contributed by atoms with van der Waals surface area (Å²) in [6.45, 7) is 3.16. The summed E-state index contributed by atoms with van der Waals surface area (Å²) in [6, 6.07) is 3.33. The van der Waals surface area contributed by atoms with Gasteiger partial charge in [-0.05, 0) is 36.5 Å². The van der Waals surface area contributed by atoms with Crippen molar-refractivity contribution in [2.75, 3.05) is 23.3 Å². The lowest BCUT2D eigenvalue weighted by Crippen LogP contribution is -2.35. The van der Waals surface area contributed by atoms with E-state index < -0.39 is 17.9 Å². The van der Waals surface area contributed by atoms with Gasteiger partial charge in [0.15, 0.2) is 0 Å². The first-order valence-electron chi connectivity index (χ1n) is 9.68. The van der Waals surface area contributed by atoms with Crippen LogP contribution in [0.1, 0.15) is 36.6 Å². The molecule has 10 heteroatoms. The number of aromatic nitrogens is 2. The van der Waals surface area contributed by atoms with Gasteiger partial charge in [-0.25, -0.2) is 9.78 Å². The average Bonchev–Trinajstić information content (AvgIpc) is 2.72. The molecule has 1 saturated heterocycles. The number of aliphatic hydroxyl groups is 1. The SMILES string of the molecule is CC1CCN(c2nc(C(F)(F)F)ccc2CNC(=O)Nc2cncc(CO)c2)CC1. The average molecular weight is 423 g/mol. The molecule has 162 valence electrons. The molecule has 0 saturated carbocycles. The van der Waals surface area contributed by atoms with E-state index in [0.29, 0.717) is 35.8 Å². The molecule has 0 bridgehead atoms. The summed E-state index contributed by atoms with van der Waals surface area (Å²) in [4.78, 5) is 21.8. The normalized spacial score (nSPS) is 15.2. The molecular weight excluding hydrogens is 399 g/mol. The number of amides is 2. The highest BCUT2D eigenvalue weighted by Gasteiger charge is 2.34. The van der Waals surface area contributed by atoms with Gasteiger partial charge in [-0.2, -0.15) is 13.2 Å². The number of anilines is 2. The number of carbonyl (C=O) groups excluding carboxylic acids is 1. The molecule has 3 N–H and O–H groups in total. The molecular formula is C20H24F3N5O2. The summed E-state index contributed by atoms with van der Waals surface area (Å²) < 4.78 is 39.5. The van der Waals surface area contributed by atoms with Crippen LogP contribution in [0, 0.1) is 5.92 Å². The Morgan fingerprint density at radius 3 is 2.67 bits per heavy atom. The van der Waals surface area contributed by atoms with E-state index in [4.69, 9.17) is 5.11 Å². The Kier molecular flexibility index (Phi) is 6.76. The maximum absolute atomic E-state index is 13.2. The highest BCUT2D eigenvalue weighted by atomic mass is 19.4. The van der Waals surface area contributed by atoms with Crippen LogP contribution in [0.15, 0.2) is 30.6 Å². The minimum atomic E-state index is -4.54. The van der Waals surface area contributed by atoms with Gasteiger partial charge in [0.25, 0.3) is 0 Å². The Labute approximate surface area is 172 Å². The number of hydrogen-bond acceptors (Lipinski definition) is 5. The smallest absolute Gasteiger partial charge is 0.392 e. The molecule has 0 atom stereocenters. The predicted molar refractivity (Wildman–Crippen MR) is 106 cm³/mol. The summed E-state index contributed by atoms with van der Waals surface area (Å²) in [5.74, 6) is 0.767. The Bertz CT molecular complexity index is 883. The Balaban J connectivity index is 1.73. The van der Waals surface area contributed by atoms with Crippen molar-refractivity contribution in [2.24, 2.45) is 5.92 Å². The van der Waals surface area contributed by atoms with Crippen LogP contribution in [0.5, 0.6) is 0 Å². The van der Waals surface area contributed by atoms with E-state index in [1.54, 1.807) is 6.07 Å². The van der Waals surface area contributed by atoms with Gasteiger partial charge in [-0.15, -0.1) is 0 Å². The molecule has 1 aliphatic rings. The number of urea groups is 1. The molecule has 2 aromatic rings. The maximum atomic E-state index is 13.2. The van der Waals surface area contributed by atoms with Crippen LogP contribution in [0.3, 0.4) is 0 Å². The van der Waals surface area contributed by atoms with E-state index >= 15 is 0 Å². The number of aliphatic hydroxyl groups excluding tert-OH is 1. The predicted octanol–water partition coefficient (Wildman–Crippen LogP) is 3.55. The van der Waals surface area contributed by atoms with Gasteiger partial charge in [0.1, 0.15) is 11.5 Å². The van der Waals surface area contributed by atoms with Gasteiger partial charge >= 0.3 is 12.2 Å². The molecule has 3 heterocycles. The van der Waals surface area contributed by atoms with Gasteiger partial charge in [0, 0.05) is 31.4 Å². The lowest BCUT2D eigenvalue weighted by molar-refractivity contribution is -0.141. The molecule has 0 spiro atoms. The summed E-state index contributed by atoms with van der Waals surface area (Å²) >= 11 is 0. The number of piperidine rings is 1. The molecule has 1 aliphatic heterocycles. The highest BCUT2D eigenvalue weighted by molar-refractivity contribution is 5.89. The number of hydrogen-bond donors (Lipinski definition) is 3. The number of rotatable bonds is 5. The standard InChI is InChI=1S/C20H24F3N5O2/c1-13-4-6-28(7-5-13)18-15(2-3-17(27-18)20(21,22)23)10-25-19(30)26-16-8-14(12-29)9-24-11-16/h2-3,8-9,11,13,29H,4-7,10,12H2,1H3,(H2,25,26,30). The highest BCUT2D eigenvalue weighted by Crippen LogP contribution is 2.32. The second-order valence-corrected chi connectivity index (χ2v) is 7.39. The van der Waals surface area contributed by atoms with Crippen molar-refractivity contribution < 1.29 is 23.1 Å². The third-order valence-electron chi connectivity index (χ3n) is 5.00. The number of nitrogens with zero attached hydrogens (tertiary/aromatic N) is 3. The second-order valence-electron chi connectivity index (χ2n) is 7.39. The zero-order valence-electron chi connectivity index (χ0n) is 16.5. The van der Waals surface area contributed by atoms with Gasteiger partial charge in [-0.1, -0.05) is 13.0 Å². The summed E-state index contributed by atoms with van der Waals surface area (Å²) in [5.41, 5.74) is 0.502. The molecule has 0 radical (unpaired) electrons. The largest absolute Gasteiger partial charge is 0.433 e. The maximum Gasteiger partial charge on any atom is 0.433 e. The number of pyridine rings is 2. The lowest BCUT2D eigenvalue weighted by atomic mass is 9.99. The monoisotopic (exact) mass is 423 g/mol. The van der Waals surface area contributed by atoms with Crippen molar-refractivity contribution in [3.8, 4) is 0 Å². The quantitative estimate of drug-likeness (QED) is 0.684. The lowest BCUT2D eigenvalue weighted by Gasteiger charge is -2.33. The minimum absolute atomic E-state index is 0.0193. The fourth-order valence-electron chi connectivity index (χ4n) is 3.26. The first-order valence-corrected chi connectivity index (χ1v) is 9.68. The molecule has 0 aromatic carbocycles. The van der Waals surface area contributed by atoms with Crippen LogP contribution < -0.4 is 15.5 Å². The van der Waals surface area contributed by atoms with Crippen LogP contribution in [0.25, 0.3) is 0 Å². The van der Waals surface area contributed by atoms with Crippen molar-refractivity contribution in [3.05, 3.63) is 47.4 Å². The molecule has 7 nitrogen and oxygen atoms in total. The van der Waals surface area contributed by atoms with Gasteiger partial charge in [0.2, 0.25) is 0 Å². The molecule has 1 fully saturated rings. The van der Waals surface area contributed by atoms with Gasteiger partial charge < -0.3 is 20.6 Å². The Morgan fingerprint density at radius 2 is 2.00 bits per heavy atom. The number of carbonyl (C=O) groups is 1. The summed E-state index contributed by atoms with van der Waals surface area (Å²) in [6.07, 6.45) is 0.117. The zero-order chi connectivity index (χ0) is 21.7. The summed E-state index contributed by atoms with van der Waals surface area (Å²) in [7, 11) is 0. The molecule has 2 aromatic heterocycles. The van der Waals surface area contributed by atoms with Crippen molar-refractivity contribution in [1.82, 2.24) is 15.3 Å². The second kappa shape index (κ2) is 9.29. The molecule has 2 amide bonds. The van der Waals surface area contributed by atoms with E-state index in [-0.39, 0.29) is 19.0 Å². The number of halogens is 3. The van der Waals surface area contributed by atoms with E-state index in [1.165, 1.54) is 18.5 Å². The Morgan fingerprint density at radius 1 is 1.27 bits per heavy atom. The van der Waals surface area contributed by atoms with Crippen molar-refractivity contribution >= 4 is 17.5 Å². The van der Waals surface area contributed by atoms with Crippen molar-refractivity contribution in [2.45, 2.75) is 39.1 Å². The van der Waals surface area contributed by atoms with E-state index in [0.717, 1.165) is 18.9 Å². The van der Waals surface area contributed by atoms with Crippen LogP contribution >= 0.6 is 0 Å². The van der Waals surface area contributed by atoms with Crippen LogP contribution in [0.2, 0.25) is 0 Å². The van der Waals surface area contributed by atoms with Crippen LogP contribution in [-0.2, 0) is 19.3 Å². The summed E-state index contributed by atoms with van der Waals surface area (Å²) in [5, 5.41) is 14.4. The Hall–Kier alpha value is -2.88. The van der Waals surface area contributed by atoms with Crippen LogP contribution in [0.4, 0.5) is 29.5 Å². The first kappa shape index (κ1) is 21.8. The molecule has 0 unspecified atom stereocenters. The fraction of sp³-hybridized carbons (Fsp3) is 0.450. The third kappa shape index (κ3) is 5.59. The molecule has 0 aliphatic carbocycles.